The van der Waals surface area contributed by atoms with Gasteiger partial charge in [-0.15, -0.1) is 0 Å². The van der Waals surface area contributed by atoms with Crippen LogP contribution in [0.3, 0.4) is 0 Å². The molecule has 0 bridgehead atoms. The Bertz CT molecular complexity index is 357. The Labute approximate surface area is 108 Å². The first-order chi connectivity index (χ1) is 8.00. The van der Waals surface area contributed by atoms with Crippen LogP contribution in [-0.4, -0.2) is 8.80 Å². The maximum absolute atomic E-state index is 2.45. The highest BCUT2D eigenvalue weighted by atomic mass is 28.3. The lowest BCUT2D eigenvalue weighted by Crippen LogP contribution is -2.40. The molecule has 0 aliphatic rings. The largest absolute Gasteiger partial charge is 0.121 e. The van der Waals surface area contributed by atoms with E-state index in [1.54, 1.807) is 10.4 Å². The predicted molar refractivity (Wildman–Crippen MR) is 80.2 cm³/mol. The quantitative estimate of drug-likeness (QED) is 0.686. The molecule has 0 nitrogen and oxygen atoms in total. The molecular weight excluding hydrogens is 220 g/mol. The number of hydrogen-bond donors (Lipinski definition) is 0. The zero-order valence-electron chi connectivity index (χ0n) is 11.9. The summed E-state index contributed by atoms with van der Waals surface area (Å²) in [6, 6.07) is 11.1. The lowest BCUT2D eigenvalue weighted by molar-refractivity contribution is 0.743. The van der Waals surface area contributed by atoms with Gasteiger partial charge >= 0.3 is 0 Å². The molecular formula is C16H25Si. The third kappa shape index (κ3) is 3.85. The minimum Gasteiger partial charge on any atom is -0.0893 e. The summed E-state index contributed by atoms with van der Waals surface area (Å²) in [5.74, 6) is 0. The van der Waals surface area contributed by atoms with Crippen LogP contribution in [0.1, 0.15) is 47.5 Å². The van der Waals surface area contributed by atoms with Crippen LogP contribution in [0, 0.1) is 0 Å². The van der Waals surface area contributed by atoms with Gasteiger partial charge in [0.2, 0.25) is 0 Å². The number of hydrogen-bond acceptors (Lipinski definition) is 0. The highest BCUT2D eigenvalue weighted by Gasteiger charge is 2.30. The van der Waals surface area contributed by atoms with Crippen LogP contribution in [0.15, 0.2) is 41.6 Å². The fraction of sp³-hybridized carbons (Fsp3) is 0.500. The predicted octanol–water partition coefficient (Wildman–Crippen LogP) is 4.47. The molecule has 1 heteroatoms. The molecule has 0 N–H and O–H groups in total. The van der Waals surface area contributed by atoms with Gasteiger partial charge in [-0.05, 0) is 17.9 Å². The van der Waals surface area contributed by atoms with Crippen LogP contribution in [0.2, 0.25) is 5.04 Å². The minimum absolute atomic E-state index is 0.378. The summed E-state index contributed by atoms with van der Waals surface area (Å²) >= 11 is 0. The number of benzene rings is 1. The second-order valence-corrected chi connectivity index (χ2v) is 8.95. The van der Waals surface area contributed by atoms with E-state index < -0.39 is 8.80 Å². The summed E-state index contributed by atoms with van der Waals surface area (Å²) in [4.78, 5) is 0. The van der Waals surface area contributed by atoms with Gasteiger partial charge in [0.15, 0.2) is 0 Å². The standard InChI is InChI=1S/C16H25Si/c1-6-11-14(7-2)17(16(3,4)5)15-12-9-8-10-13-15/h8-13H,6-7H2,1-5H3/b14-11+. The first-order valence-electron chi connectivity index (χ1n) is 6.63. The Hall–Kier alpha value is -0.823. The van der Waals surface area contributed by atoms with Crippen molar-refractivity contribution in [3.05, 3.63) is 41.6 Å². The van der Waals surface area contributed by atoms with Crippen LogP contribution in [0.5, 0.6) is 0 Å². The maximum Gasteiger partial charge on any atom is 0.121 e. The Kier molecular flexibility index (Phi) is 5.19. The van der Waals surface area contributed by atoms with Gasteiger partial charge in [0.25, 0.3) is 0 Å². The van der Waals surface area contributed by atoms with Crippen molar-refractivity contribution in [1.82, 2.24) is 0 Å². The fourth-order valence-electron chi connectivity index (χ4n) is 2.37. The molecule has 1 aromatic rings. The van der Waals surface area contributed by atoms with Crippen LogP contribution < -0.4 is 5.19 Å². The van der Waals surface area contributed by atoms with Gasteiger partial charge in [0.1, 0.15) is 8.80 Å². The molecule has 0 saturated heterocycles. The van der Waals surface area contributed by atoms with Crippen molar-refractivity contribution in [2.45, 2.75) is 52.5 Å². The van der Waals surface area contributed by atoms with Gasteiger partial charge in [-0.2, -0.15) is 0 Å². The smallest absolute Gasteiger partial charge is 0.0893 e. The third-order valence-electron chi connectivity index (χ3n) is 2.97. The Morgan fingerprint density at radius 3 is 2.12 bits per heavy atom. The van der Waals surface area contributed by atoms with E-state index in [2.05, 4.69) is 71.0 Å². The van der Waals surface area contributed by atoms with E-state index in [1.807, 2.05) is 0 Å². The maximum atomic E-state index is 2.45. The van der Waals surface area contributed by atoms with Crippen molar-refractivity contribution >= 4 is 14.0 Å². The van der Waals surface area contributed by atoms with E-state index in [4.69, 9.17) is 0 Å². The zero-order chi connectivity index (χ0) is 12.9. The second-order valence-electron chi connectivity index (χ2n) is 5.48. The Morgan fingerprint density at radius 1 is 1.12 bits per heavy atom. The molecule has 0 unspecified atom stereocenters. The first kappa shape index (κ1) is 14.2. The van der Waals surface area contributed by atoms with Crippen molar-refractivity contribution < 1.29 is 0 Å². The average molecular weight is 245 g/mol. The summed E-state index contributed by atoms with van der Waals surface area (Å²) in [5, 5.41) is 3.60. The van der Waals surface area contributed by atoms with Crippen molar-refractivity contribution in [1.29, 1.82) is 0 Å². The molecule has 93 valence electrons. The highest BCUT2D eigenvalue weighted by molar-refractivity contribution is 6.82. The Morgan fingerprint density at radius 2 is 1.71 bits per heavy atom. The SMILES string of the molecule is CC/C=C(\CC)[Si](c1ccccc1)C(C)(C)C. The van der Waals surface area contributed by atoms with Crippen LogP contribution in [-0.2, 0) is 0 Å². The minimum atomic E-state index is -0.628. The van der Waals surface area contributed by atoms with Gasteiger partial charge in [-0.3, -0.25) is 0 Å². The molecule has 0 spiro atoms. The van der Waals surface area contributed by atoms with Crippen molar-refractivity contribution in [3.8, 4) is 0 Å². The molecule has 1 aromatic carbocycles. The van der Waals surface area contributed by atoms with Crippen molar-refractivity contribution in [3.63, 3.8) is 0 Å². The van der Waals surface area contributed by atoms with Gasteiger partial charge in [-0.1, -0.05) is 81.4 Å². The first-order valence-corrected chi connectivity index (χ1v) is 8.13. The van der Waals surface area contributed by atoms with E-state index in [9.17, 15) is 0 Å². The lowest BCUT2D eigenvalue weighted by atomic mass is 10.2. The normalized spacial score (nSPS) is 13.2. The molecule has 1 rings (SSSR count). The van der Waals surface area contributed by atoms with Gasteiger partial charge in [0, 0.05) is 0 Å². The van der Waals surface area contributed by atoms with E-state index >= 15 is 0 Å². The zero-order valence-corrected chi connectivity index (χ0v) is 12.9. The third-order valence-corrected chi connectivity index (χ3v) is 6.58. The fourth-order valence-corrected chi connectivity index (χ4v) is 5.86. The summed E-state index contributed by atoms with van der Waals surface area (Å²) < 4.78 is 0. The molecule has 0 aliphatic heterocycles. The van der Waals surface area contributed by atoms with Crippen molar-refractivity contribution in [2.75, 3.05) is 0 Å². The Balaban J connectivity index is 3.18. The van der Waals surface area contributed by atoms with Gasteiger partial charge < -0.3 is 0 Å². The summed E-state index contributed by atoms with van der Waals surface area (Å²) in [5.41, 5.74) is 0. The second kappa shape index (κ2) is 6.20. The van der Waals surface area contributed by atoms with Crippen molar-refractivity contribution in [2.24, 2.45) is 0 Å². The summed E-state index contributed by atoms with van der Waals surface area (Å²) in [6.45, 7) is 11.7. The monoisotopic (exact) mass is 245 g/mol. The molecule has 0 aromatic heterocycles. The molecule has 0 fully saturated rings. The van der Waals surface area contributed by atoms with Crippen LogP contribution in [0.4, 0.5) is 0 Å². The summed E-state index contributed by atoms with van der Waals surface area (Å²) in [7, 11) is -0.628. The van der Waals surface area contributed by atoms with Crippen LogP contribution >= 0.6 is 0 Å². The van der Waals surface area contributed by atoms with Gasteiger partial charge in [-0.25, -0.2) is 0 Å². The highest BCUT2D eigenvalue weighted by Crippen LogP contribution is 2.32. The summed E-state index contributed by atoms with van der Waals surface area (Å²) in [6.07, 6.45) is 4.79. The van der Waals surface area contributed by atoms with E-state index in [0.717, 1.165) is 6.42 Å². The topological polar surface area (TPSA) is 0 Å². The molecule has 0 aliphatic carbocycles. The van der Waals surface area contributed by atoms with E-state index in [1.165, 1.54) is 6.42 Å². The van der Waals surface area contributed by atoms with E-state index in [0.29, 0.717) is 5.04 Å². The van der Waals surface area contributed by atoms with Crippen LogP contribution in [0.25, 0.3) is 0 Å². The van der Waals surface area contributed by atoms with Gasteiger partial charge in [0.05, 0.1) is 0 Å². The average Bonchev–Trinajstić information content (AvgIpc) is 2.28. The van der Waals surface area contributed by atoms with E-state index in [-0.39, 0.29) is 0 Å². The molecule has 0 amide bonds. The molecule has 17 heavy (non-hydrogen) atoms. The number of rotatable bonds is 4. The molecule has 0 saturated carbocycles. The lowest BCUT2D eigenvalue weighted by Gasteiger charge is -2.31. The molecule has 0 heterocycles. The number of allylic oxidation sites excluding steroid dienone is 2. The molecule has 1 radical (unpaired) electrons. The molecule has 0 atom stereocenters.